The fourth-order valence-electron chi connectivity index (χ4n) is 3.84. The van der Waals surface area contributed by atoms with Gasteiger partial charge in [0.1, 0.15) is 17.8 Å². The van der Waals surface area contributed by atoms with Gasteiger partial charge in [-0.15, -0.1) is 0 Å². The average Bonchev–Trinajstić information content (AvgIpc) is 2.75. The van der Waals surface area contributed by atoms with E-state index in [0.717, 1.165) is 69.1 Å². The van der Waals surface area contributed by atoms with E-state index in [0.29, 0.717) is 5.69 Å². The third-order valence-corrected chi connectivity index (χ3v) is 5.59. The molecule has 3 rings (SSSR count). The van der Waals surface area contributed by atoms with Crippen molar-refractivity contribution in [2.75, 3.05) is 36.4 Å². The van der Waals surface area contributed by atoms with E-state index in [4.69, 9.17) is 0 Å². The Bertz CT molecular complexity index is 849. The SMILES string of the molecule is CCCN(CC)c1cc(C(=O)Nc2ccc(CN3CCC(O)CC3)cc2C)ncn1. The number of aliphatic hydroxyl groups is 1. The molecule has 0 radical (unpaired) electrons. The first-order valence-electron chi connectivity index (χ1n) is 10.9. The molecule has 0 spiro atoms. The van der Waals surface area contributed by atoms with Crippen molar-refractivity contribution in [2.24, 2.45) is 0 Å². The lowest BCUT2D eigenvalue weighted by atomic mass is 10.1. The first-order chi connectivity index (χ1) is 14.5. The fraction of sp³-hybridized carbons (Fsp3) is 0.522. The van der Waals surface area contributed by atoms with Crippen LogP contribution in [0, 0.1) is 6.92 Å². The zero-order chi connectivity index (χ0) is 21.5. The number of likely N-dealkylation sites (tertiary alicyclic amines) is 1. The lowest BCUT2D eigenvalue weighted by Gasteiger charge is -2.29. The Morgan fingerprint density at radius 1 is 1.23 bits per heavy atom. The molecule has 1 fully saturated rings. The molecular weight excluding hydrogens is 378 g/mol. The number of carbonyl (C=O) groups excluding carboxylic acids is 1. The molecule has 7 heteroatoms. The summed E-state index contributed by atoms with van der Waals surface area (Å²) >= 11 is 0. The molecule has 0 aliphatic carbocycles. The van der Waals surface area contributed by atoms with Crippen molar-refractivity contribution in [3.8, 4) is 0 Å². The molecule has 2 heterocycles. The van der Waals surface area contributed by atoms with Gasteiger partial charge in [-0.2, -0.15) is 0 Å². The maximum Gasteiger partial charge on any atom is 0.274 e. The highest BCUT2D eigenvalue weighted by Crippen LogP contribution is 2.21. The standard InChI is InChI=1S/C23H33N5O2/c1-4-10-28(5-2)22-14-21(24-16-25-22)23(30)26-20-7-6-18(13-17(20)3)15-27-11-8-19(29)9-12-27/h6-7,13-14,16,19,29H,4-5,8-12,15H2,1-3H3,(H,26,30). The summed E-state index contributed by atoms with van der Waals surface area (Å²) in [5.74, 6) is 0.547. The summed E-state index contributed by atoms with van der Waals surface area (Å²) in [6.45, 7) is 10.6. The molecule has 2 N–H and O–H groups in total. The summed E-state index contributed by atoms with van der Waals surface area (Å²) in [5.41, 5.74) is 3.39. The van der Waals surface area contributed by atoms with E-state index >= 15 is 0 Å². The molecule has 1 aromatic heterocycles. The first kappa shape index (κ1) is 22.2. The zero-order valence-corrected chi connectivity index (χ0v) is 18.3. The fourth-order valence-corrected chi connectivity index (χ4v) is 3.84. The number of nitrogens with one attached hydrogen (secondary N) is 1. The number of hydrogen-bond acceptors (Lipinski definition) is 6. The Morgan fingerprint density at radius 3 is 2.67 bits per heavy atom. The number of aromatic nitrogens is 2. The highest BCUT2D eigenvalue weighted by molar-refractivity contribution is 6.03. The molecule has 1 saturated heterocycles. The monoisotopic (exact) mass is 411 g/mol. The van der Waals surface area contributed by atoms with Crippen molar-refractivity contribution in [3.05, 3.63) is 47.4 Å². The number of piperidine rings is 1. The van der Waals surface area contributed by atoms with E-state index < -0.39 is 0 Å². The van der Waals surface area contributed by atoms with E-state index in [1.54, 1.807) is 6.07 Å². The van der Waals surface area contributed by atoms with Gasteiger partial charge in [-0.3, -0.25) is 9.69 Å². The van der Waals surface area contributed by atoms with Crippen LogP contribution in [0.3, 0.4) is 0 Å². The molecule has 0 bridgehead atoms. The molecule has 0 unspecified atom stereocenters. The van der Waals surface area contributed by atoms with Crippen LogP contribution in [-0.2, 0) is 6.54 Å². The zero-order valence-electron chi connectivity index (χ0n) is 18.3. The van der Waals surface area contributed by atoms with E-state index in [2.05, 4.69) is 51.1 Å². The third-order valence-electron chi connectivity index (χ3n) is 5.59. The second-order valence-electron chi connectivity index (χ2n) is 7.95. The van der Waals surface area contributed by atoms with E-state index in [1.807, 2.05) is 13.0 Å². The minimum atomic E-state index is -0.230. The minimum Gasteiger partial charge on any atom is -0.393 e. The Morgan fingerprint density at radius 2 is 2.00 bits per heavy atom. The smallest absolute Gasteiger partial charge is 0.274 e. The van der Waals surface area contributed by atoms with Crippen LogP contribution < -0.4 is 10.2 Å². The molecule has 1 aliphatic heterocycles. The number of carbonyl (C=O) groups is 1. The summed E-state index contributed by atoms with van der Waals surface area (Å²) in [5, 5.41) is 12.6. The minimum absolute atomic E-state index is 0.158. The number of anilines is 2. The van der Waals surface area contributed by atoms with E-state index in [9.17, 15) is 9.90 Å². The molecule has 1 amide bonds. The highest BCUT2D eigenvalue weighted by Gasteiger charge is 2.17. The number of rotatable bonds is 8. The second kappa shape index (κ2) is 10.5. The molecule has 162 valence electrons. The molecule has 7 nitrogen and oxygen atoms in total. The van der Waals surface area contributed by atoms with Crippen molar-refractivity contribution in [2.45, 2.75) is 52.7 Å². The van der Waals surface area contributed by atoms with E-state index in [-0.39, 0.29) is 12.0 Å². The summed E-state index contributed by atoms with van der Waals surface area (Å²) < 4.78 is 0. The van der Waals surface area contributed by atoms with Crippen LogP contribution >= 0.6 is 0 Å². The Hall–Kier alpha value is -2.51. The van der Waals surface area contributed by atoms with Crippen molar-refractivity contribution < 1.29 is 9.90 Å². The van der Waals surface area contributed by atoms with Crippen molar-refractivity contribution in [1.29, 1.82) is 0 Å². The Labute approximate surface area is 179 Å². The highest BCUT2D eigenvalue weighted by atomic mass is 16.3. The van der Waals surface area contributed by atoms with Gasteiger partial charge in [-0.25, -0.2) is 9.97 Å². The first-order valence-corrected chi connectivity index (χ1v) is 10.9. The average molecular weight is 412 g/mol. The molecule has 1 aliphatic rings. The van der Waals surface area contributed by atoms with Gasteiger partial charge in [-0.1, -0.05) is 19.1 Å². The molecule has 0 atom stereocenters. The van der Waals surface area contributed by atoms with Gasteiger partial charge in [0.05, 0.1) is 6.10 Å². The topological polar surface area (TPSA) is 81.6 Å². The molecular formula is C23H33N5O2. The number of nitrogens with zero attached hydrogens (tertiary/aromatic N) is 4. The molecule has 0 saturated carbocycles. The van der Waals surface area contributed by atoms with Crippen molar-refractivity contribution in [3.63, 3.8) is 0 Å². The number of hydrogen-bond donors (Lipinski definition) is 2. The van der Waals surface area contributed by atoms with Gasteiger partial charge in [0.15, 0.2) is 0 Å². The van der Waals surface area contributed by atoms with Gasteiger partial charge in [0.2, 0.25) is 0 Å². The summed E-state index contributed by atoms with van der Waals surface area (Å²) in [6.07, 6.45) is 3.98. The van der Waals surface area contributed by atoms with Crippen molar-refractivity contribution in [1.82, 2.24) is 14.9 Å². The Kier molecular flexibility index (Phi) is 7.76. The quantitative estimate of drug-likeness (QED) is 0.694. The lowest BCUT2D eigenvalue weighted by Crippen LogP contribution is -2.35. The Balaban J connectivity index is 1.65. The van der Waals surface area contributed by atoms with Gasteiger partial charge in [0.25, 0.3) is 5.91 Å². The number of aliphatic hydroxyl groups excluding tert-OH is 1. The summed E-state index contributed by atoms with van der Waals surface area (Å²) in [6, 6.07) is 7.88. The van der Waals surface area contributed by atoms with Crippen molar-refractivity contribution >= 4 is 17.4 Å². The maximum atomic E-state index is 12.8. The third kappa shape index (κ3) is 5.77. The molecule has 2 aromatic rings. The second-order valence-corrected chi connectivity index (χ2v) is 7.95. The largest absolute Gasteiger partial charge is 0.393 e. The predicted molar refractivity (Wildman–Crippen MR) is 120 cm³/mol. The van der Waals surface area contributed by atoms with Crippen LogP contribution in [0.25, 0.3) is 0 Å². The van der Waals surface area contributed by atoms with Crippen LogP contribution in [0.1, 0.15) is 54.7 Å². The van der Waals surface area contributed by atoms with Gasteiger partial charge in [0, 0.05) is 44.5 Å². The van der Waals surface area contributed by atoms with Crippen LogP contribution in [0.15, 0.2) is 30.6 Å². The predicted octanol–water partition coefficient (Wildman–Crippen LogP) is 3.23. The summed E-state index contributed by atoms with van der Waals surface area (Å²) in [4.78, 5) is 25.8. The van der Waals surface area contributed by atoms with Gasteiger partial charge >= 0.3 is 0 Å². The normalized spacial score (nSPS) is 15.2. The number of aryl methyl sites for hydroxylation is 1. The number of amides is 1. The van der Waals surface area contributed by atoms with Crippen LogP contribution in [0.4, 0.5) is 11.5 Å². The van der Waals surface area contributed by atoms with Gasteiger partial charge < -0.3 is 15.3 Å². The molecule has 1 aromatic carbocycles. The maximum absolute atomic E-state index is 12.8. The van der Waals surface area contributed by atoms with Crippen LogP contribution in [0.5, 0.6) is 0 Å². The van der Waals surface area contributed by atoms with Crippen LogP contribution in [0.2, 0.25) is 0 Å². The summed E-state index contributed by atoms with van der Waals surface area (Å²) in [7, 11) is 0. The van der Waals surface area contributed by atoms with E-state index in [1.165, 1.54) is 11.9 Å². The number of benzene rings is 1. The van der Waals surface area contributed by atoms with Gasteiger partial charge in [-0.05, 0) is 50.3 Å². The molecule has 30 heavy (non-hydrogen) atoms. The lowest BCUT2D eigenvalue weighted by molar-refractivity contribution is 0.0792. The van der Waals surface area contributed by atoms with Crippen LogP contribution in [-0.4, -0.2) is 58.2 Å².